The van der Waals surface area contributed by atoms with Crippen LogP contribution >= 0.6 is 15.9 Å². The number of rotatable bonds is 3. The van der Waals surface area contributed by atoms with Gasteiger partial charge in [-0.05, 0) is 15.9 Å². The van der Waals surface area contributed by atoms with Crippen LogP contribution in [0.1, 0.15) is 5.69 Å². The van der Waals surface area contributed by atoms with Gasteiger partial charge >= 0.3 is 0 Å². The monoisotopic (exact) mass is 270 g/mol. The molecule has 0 unspecified atom stereocenters. The fourth-order valence-electron chi connectivity index (χ4n) is 0.991. The van der Waals surface area contributed by atoms with E-state index >= 15 is 0 Å². The lowest BCUT2D eigenvalue weighted by molar-refractivity contribution is 0.907. The maximum Gasteiger partial charge on any atom is 0.267 e. The Morgan fingerprint density at radius 2 is 2.40 bits per heavy atom. The minimum Gasteiger partial charge on any atom is -0.363 e. The molecule has 0 amide bonds. The van der Waals surface area contributed by atoms with Crippen LogP contribution in [0, 0.1) is 0 Å². The van der Waals surface area contributed by atoms with Crippen LogP contribution in [0.4, 0.5) is 5.82 Å². The molecule has 0 atom stereocenters. The van der Waals surface area contributed by atoms with Crippen LogP contribution in [0.2, 0.25) is 0 Å². The number of hydrogen-bond donors (Lipinski definition) is 3. The molecule has 0 saturated heterocycles. The van der Waals surface area contributed by atoms with E-state index in [-0.39, 0.29) is 5.56 Å². The van der Waals surface area contributed by atoms with Crippen LogP contribution in [0.15, 0.2) is 21.8 Å². The lowest BCUT2D eigenvalue weighted by atomic mass is 10.4. The van der Waals surface area contributed by atoms with E-state index in [1.54, 1.807) is 6.20 Å². The van der Waals surface area contributed by atoms with Gasteiger partial charge in [0.05, 0.1) is 19.1 Å². The molecule has 3 N–H and O–H groups in total. The SMILES string of the molecule is O=c1[nH]cnc(NCc2cn[nH]n2)c1Br. The van der Waals surface area contributed by atoms with Crippen molar-refractivity contribution in [3.05, 3.63) is 33.0 Å². The first-order chi connectivity index (χ1) is 7.27. The Morgan fingerprint density at radius 3 is 3.13 bits per heavy atom. The molecule has 0 aliphatic heterocycles. The summed E-state index contributed by atoms with van der Waals surface area (Å²) in [5.41, 5.74) is 0.511. The van der Waals surface area contributed by atoms with Gasteiger partial charge in [0, 0.05) is 0 Å². The van der Waals surface area contributed by atoms with E-state index in [0.717, 1.165) is 5.69 Å². The highest BCUT2D eigenvalue weighted by atomic mass is 79.9. The number of H-pyrrole nitrogens is 2. The van der Waals surface area contributed by atoms with E-state index in [1.165, 1.54) is 6.33 Å². The summed E-state index contributed by atoms with van der Waals surface area (Å²) in [5, 5.41) is 13.0. The number of nitrogens with one attached hydrogen (secondary N) is 3. The lowest BCUT2D eigenvalue weighted by Crippen LogP contribution is -2.12. The molecule has 0 aliphatic rings. The van der Waals surface area contributed by atoms with Crippen molar-refractivity contribution in [1.29, 1.82) is 0 Å². The van der Waals surface area contributed by atoms with Crippen molar-refractivity contribution in [2.24, 2.45) is 0 Å². The normalized spacial score (nSPS) is 10.2. The number of halogens is 1. The van der Waals surface area contributed by atoms with Crippen molar-refractivity contribution in [3.8, 4) is 0 Å². The van der Waals surface area contributed by atoms with E-state index in [2.05, 4.69) is 46.6 Å². The van der Waals surface area contributed by atoms with E-state index in [9.17, 15) is 4.79 Å². The summed E-state index contributed by atoms with van der Waals surface area (Å²) in [6.45, 7) is 0.450. The lowest BCUT2D eigenvalue weighted by Gasteiger charge is -2.03. The summed E-state index contributed by atoms with van der Waals surface area (Å²) in [4.78, 5) is 17.6. The molecule has 8 heteroatoms. The van der Waals surface area contributed by atoms with E-state index in [1.807, 2.05) is 0 Å². The zero-order valence-electron chi connectivity index (χ0n) is 7.49. The molecule has 2 aromatic heterocycles. The van der Waals surface area contributed by atoms with Crippen molar-refractivity contribution in [2.45, 2.75) is 6.54 Å². The van der Waals surface area contributed by atoms with Gasteiger partial charge in [0.15, 0.2) is 0 Å². The first-order valence-electron chi connectivity index (χ1n) is 4.09. The molecular formula is C7H7BrN6O. The summed E-state index contributed by atoms with van der Waals surface area (Å²) in [5.74, 6) is 0.474. The molecule has 15 heavy (non-hydrogen) atoms. The highest BCUT2D eigenvalue weighted by molar-refractivity contribution is 9.10. The minimum atomic E-state index is -0.229. The summed E-state index contributed by atoms with van der Waals surface area (Å²) >= 11 is 3.13. The molecule has 2 heterocycles. The third-order valence-corrected chi connectivity index (χ3v) is 2.43. The average Bonchev–Trinajstić information content (AvgIpc) is 2.73. The molecule has 0 aromatic carbocycles. The van der Waals surface area contributed by atoms with Gasteiger partial charge in [-0.2, -0.15) is 15.4 Å². The molecule has 78 valence electrons. The van der Waals surface area contributed by atoms with Gasteiger partial charge in [0.2, 0.25) is 0 Å². The molecule has 0 fully saturated rings. The number of aromatic nitrogens is 5. The molecule has 0 bridgehead atoms. The van der Waals surface area contributed by atoms with E-state index in [0.29, 0.717) is 16.8 Å². The summed E-state index contributed by atoms with van der Waals surface area (Å²) in [6.07, 6.45) is 2.92. The first-order valence-corrected chi connectivity index (χ1v) is 4.88. The van der Waals surface area contributed by atoms with Crippen molar-refractivity contribution in [2.75, 3.05) is 5.32 Å². The minimum absolute atomic E-state index is 0.229. The molecular weight excluding hydrogens is 264 g/mol. The Balaban J connectivity index is 2.12. The predicted octanol–water partition coefficient (Wildman–Crippen LogP) is 0.263. The second-order valence-electron chi connectivity index (χ2n) is 2.71. The van der Waals surface area contributed by atoms with Gasteiger partial charge in [-0.1, -0.05) is 0 Å². The molecule has 0 spiro atoms. The van der Waals surface area contributed by atoms with Crippen molar-refractivity contribution in [1.82, 2.24) is 25.4 Å². The Kier molecular flexibility index (Phi) is 2.77. The quantitative estimate of drug-likeness (QED) is 0.743. The van der Waals surface area contributed by atoms with Crippen molar-refractivity contribution >= 4 is 21.7 Å². The van der Waals surface area contributed by atoms with Gasteiger partial charge in [-0.3, -0.25) is 4.79 Å². The van der Waals surface area contributed by atoms with Gasteiger partial charge in [-0.15, -0.1) is 0 Å². The second kappa shape index (κ2) is 4.22. The Bertz CT molecular complexity index is 492. The molecule has 7 nitrogen and oxygen atoms in total. The molecule has 0 radical (unpaired) electrons. The van der Waals surface area contributed by atoms with Gasteiger partial charge in [-0.25, -0.2) is 4.98 Å². The molecule has 2 rings (SSSR count). The second-order valence-corrected chi connectivity index (χ2v) is 3.50. The van der Waals surface area contributed by atoms with E-state index < -0.39 is 0 Å². The van der Waals surface area contributed by atoms with Crippen LogP contribution in [0.25, 0.3) is 0 Å². The fraction of sp³-hybridized carbons (Fsp3) is 0.143. The average molecular weight is 271 g/mol. The third-order valence-electron chi connectivity index (χ3n) is 1.70. The van der Waals surface area contributed by atoms with Crippen LogP contribution in [-0.4, -0.2) is 25.4 Å². The first kappa shape index (κ1) is 9.84. The molecule has 0 saturated carbocycles. The largest absolute Gasteiger partial charge is 0.363 e. The van der Waals surface area contributed by atoms with Crippen molar-refractivity contribution in [3.63, 3.8) is 0 Å². The zero-order valence-corrected chi connectivity index (χ0v) is 9.08. The maximum atomic E-state index is 11.2. The predicted molar refractivity (Wildman–Crippen MR) is 56.3 cm³/mol. The Labute approximate surface area is 92.5 Å². The van der Waals surface area contributed by atoms with Gasteiger partial charge in [0.25, 0.3) is 5.56 Å². The topological polar surface area (TPSA) is 99.4 Å². The number of hydrogen-bond acceptors (Lipinski definition) is 5. The summed E-state index contributed by atoms with van der Waals surface area (Å²) in [7, 11) is 0. The van der Waals surface area contributed by atoms with Crippen LogP contribution < -0.4 is 10.9 Å². The molecule has 0 aliphatic carbocycles. The smallest absolute Gasteiger partial charge is 0.267 e. The third kappa shape index (κ3) is 2.21. The standard InChI is InChI=1S/C7H7BrN6O/c8-5-6(10-3-11-7(5)15)9-1-4-2-12-14-13-4/h2-3H,1H2,(H,12,13,14)(H2,9,10,11,15). The highest BCUT2D eigenvalue weighted by Crippen LogP contribution is 2.13. The number of aromatic amines is 2. The highest BCUT2D eigenvalue weighted by Gasteiger charge is 2.04. The van der Waals surface area contributed by atoms with Gasteiger partial charge in [0.1, 0.15) is 16.0 Å². The van der Waals surface area contributed by atoms with Crippen LogP contribution in [-0.2, 0) is 6.54 Å². The number of anilines is 1. The summed E-state index contributed by atoms with van der Waals surface area (Å²) < 4.78 is 0.369. The van der Waals surface area contributed by atoms with E-state index in [4.69, 9.17) is 0 Å². The van der Waals surface area contributed by atoms with Gasteiger partial charge < -0.3 is 10.3 Å². The zero-order chi connectivity index (χ0) is 10.7. The maximum absolute atomic E-state index is 11.2. The Morgan fingerprint density at radius 1 is 1.53 bits per heavy atom. The molecule has 2 aromatic rings. The fourth-order valence-corrected chi connectivity index (χ4v) is 1.35. The van der Waals surface area contributed by atoms with Crippen LogP contribution in [0.3, 0.4) is 0 Å². The van der Waals surface area contributed by atoms with Crippen molar-refractivity contribution < 1.29 is 0 Å². The number of nitrogens with zero attached hydrogens (tertiary/aromatic N) is 3. The Hall–Kier alpha value is -1.70. The summed E-state index contributed by atoms with van der Waals surface area (Å²) in [6, 6.07) is 0. The van der Waals surface area contributed by atoms with Crippen LogP contribution in [0.5, 0.6) is 0 Å².